The molecule has 3 aromatic rings. The maximum Gasteiger partial charge on any atom is 0.0777 e. The minimum atomic E-state index is 0.651. The topological polar surface area (TPSA) is 66.5 Å². The van der Waals surface area contributed by atoms with Crippen LogP contribution in [-0.4, -0.2) is 20.2 Å². The van der Waals surface area contributed by atoms with Crippen LogP contribution in [0.2, 0.25) is 0 Å². The van der Waals surface area contributed by atoms with Crippen LogP contribution in [0.1, 0.15) is 5.69 Å². The molecule has 0 atom stereocenters. The van der Waals surface area contributed by atoms with Gasteiger partial charge in [-0.15, -0.1) is 0 Å². The van der Waals surface area contributed by atoms with E-state index in [1.165, 1.54) is 0 Å². The van der Waals surface area contributed by atoms with Crippen molar-refractivity contribution in [2.75, 3.05) is 5.32 Å². The van der Waals surface area contributed by atoms with Gasteiger partial charge in [0.25, 0.3) is 0 Å². The molecule has 0 aliphatic carbocycles. The van der Waals surface area contributed by atoms with Gasteiger partial charge in [-0.05, 0) is 12.1 Å². The van der Waals surface area contributed by atoms with Crippen LogP contribution < -0.4 is 5.32 Å². The fourth-order valence-electron chi connectivity index (χ4n) is 1.73. The Labute approximate surface area is 97.9 Å². The molecule has 17 heavy (non-hydrogen) atoms. The first kappa shape index (κ1) is 9.77. The predicted octanol–water partition coefficient (Wildman–Crippen LogP) is 1.96. The average molecular weight is 225 g/mol. The number of benzene rings is 1. The van der Waals surface area contributed by atoms with Crippen molar-refractivity contribution in [1.82, 2.24) is 20.2 Å². The van der Waals surface area contributed by atoms with E-state index in [2.05, 4.69) is 25.5 Å². The van der Waals surface area contributed by atoms with Crippen LogP contribution in [0.4, 0.5) is 5.69 Å². The average Bonchev–Trinajstić information content (AvgIpc) is 2.86. The summed E-state index contributed by atoms with van der Waals surface area (Å²) in [5.41, 5.74) is 2.98. The number of hydrogen-bond acceptors (Lipinski definition) is 4. The molecule has 0 saturated carbocycles. The summed E-state index contributed by atoms with van der Waals surface area (Å²) >= 11 is 0. The van der Waals surface area contributed by atoms with E-state index in [0.29, 0.717) is 6.54 Å². The molecule has 2 aromatic heterocycles. The highest BCUT2D eigenvalue weighted by Gasteiger charge is 2.02. The van der Waals surface area contributed by atoms with Crippen LogP contribution in [0, 0.1) is 0 Å². The van der Waals surface area contributed by atoms with Gasteiger partial charge in [0.15, 0.2) is 0 Å². The van der Waals surface area contributed by atoms with Crippen LogP contribution >= 0.6 is 0 Å². The summed E-state index contributed by atoms with van der Waals surface area (Å²) in [5, 5.41) is 11.4. The molecule has 5 nitrogen and oxygen atoms in total. The molecular weight excluding hydrogens is 214 g/mol. The number of nitrogens with one attached hydrogen (secondary N) is 2. The van der Waals surface area contributed by atoms with Gasteiger partial charge in [-0.2, -0.15) is 5.10 Å². The SMILES string of the molecule is c1cc(NCc2cnccn2)c2cn[nH]c2c1. The molecule has 0 fully saturated rings. The Morgan fingerprint density at radius 3 is 3.06 bits per heavy atom. The molecule has 1 aromatic carbocycles. The Morgan fingerprint density at radius 1 is 1.18 bits per heavy atom. The Morgan fingerprint density at radius 2 is 2.18 bits per heavy atom. The maximum absolute atomic E-state index is 4.21. The van der Waals surface area contributed by atoms with Crippen molar-refractivity contribution in [1.29, 1.82) is 0 Å². The number of hydrogen-bond donors (Lipinski definition) is 2. The molecule has 0 saturated heterocycles. The third-order valence-electron chi connectivity index (χ3n) is 2.56. The third-order valence-corrected chi connectivity index (χ3v) is 2.56. The van der Waals surface area contributed by atoms with Crippen LogP contribution in [0.25, 0.3) is 10.9 Å². The summed E-state index contributed by atoms with van der Waals surface area (Å²) in [6.07, 6.45) is 6.92. The molecule has 84 valence electrons. The molecule has 0 bridgehead atoms. The van der Waals surface area contributed by atoms with E-state index in [0.717, 1.165) is 22.3 Å². The normalized spacial score (nSPS) is 10.6. The van der Waals surface area contributed by atoms with Crippen molar-refractivity contribution in [3.63, 3.8) is 0 Å². The first-order valence-electron chi connectivity index (χ1n) is 5.34. The summed E-state index contributed by atoms with van der Waals surface area (Å²) in [7, 11) is 0. The van der Waals surface area contributed by atoms with Gasteiger partial charge in [-0.3, -0.25) is 15.1 Å². The van der Waals surface area contributed by atoms with E-state index in [1.54, 1.807) is 18.6 Å². The van der Waals surface area contributed by atoms with Gasteiger partial charge in [-0.25, -0.2) is 0 Å². The van der Waals surface area contributed by atoms with E-state index in [-0.39, 0.29) is 0 Å². The highest BCUT2D eigenvalue weighted by atomic mass is 15.1. The number of H-pyrrole nitrogens is 1. The summed E-state index contributed by atoms with van der Waals surface area (Å²) in [5.74, 6) is 0. The molecule has 2 N–H and O–H groups in total. The molecule has 0 radical (unpaired) electrons. The van der Waals surface area contributed by atoms with Gasteiger partial charge in [0.2, 0.25) is 0 Å². The lowest BCUT2D eigenvalue weighted by atomic mass is 10.2. The lowest BCUT2D eigenvalue weighted by molar-refractivity contribution is 1.01. The zero-order valence-electron chi connectivity index (χ0n) is 9.09. The minimum absolute atomic E-state index is 0.651. The van der Waals surface area contributed by atoms with E-state index in [1.807, 2.05) is 24.4 Å². The minimum Gasteiger partial charge on any atom is -0.379 e. The number of nitrogens with zero attached hydrogens (tertiary/aromatic N) is 3. The molecule has 0 aliphatic rings. The van der Waals surface area contributed by atoms with E-state index in [4.69, 9.17) is 0 Å². The molecular formula is C12H11N5. The van der Waals surface area contributed by atoms with Crippen molar-refractivity contribution >= 4 is 16.6 Å². The van der Waals surface area contributed by atoms with Crippen molar-refractivity contribution in [2.45, 2.75) is 6.54 Å². The van der Waals surface area contributed by atoms with E-state index >= 15 is 0 Å². The lowest BCUT2D eigenvalue weighted by Gasteiger charge is -2.06. The van der Waals surface area contributed by atoms with Crippen LogP contribution in [0.3, 0.4) is 0 Å². The summed E-state index contributed by atoms with van der Waals surface area (Å²) in [4.78, 5) is 8.24. The van der Waals surface area contributed by atoms with Crippen molar-refractivity contribution in [3.05, 3.63) is 48.7 Å². The molecule has 0 unspecified atom stereocenters. The molecule has 0 spiro atoms. The molecule has 2 heterocycles. The standard InChI is InChI=1S/C12H11N5/c1-2-11(10-8-16-17-12(10)3-1)15-7-9-6-13-4-5-14-9/h1-6,8,15H,7H2,(H,16,17). The van der Waals surface area contributed by atoms with Gasteiger partial charge < -0.3 is 5.32 Å². The zero-order valence-corrected chi connectivity index (χ0v) is 9.09. The Hall–Kier alpha value is -2.43. The fraction of sp³-hybridized carbons (Fsp3) is 0.0833. The highest BCUT2D eigenvalue weighted by molar-refractivity contribution is 5.90. The van der Waals surface area contributed by atoms with Crippen LogP contribution in [-0.2, 0) is 6.54 Å². The quantitative estimate of drug-likeness (QED) is 0.715. The van der Waals surface area contributed by atoms with Gasteiger partial charge in [0, 0.05) is 23.5 Å². The van der Waals surface area contributed by atoms with Crippen LogP contribution in [0.15, 0.2) is 43.0 Å². The van der Waals surface area contributed by atoms with Gasteiger partial charge in [0.05, 0.1) is 30.1 Å². The largest absolute Gasteiger partial charge is 0.379 e. The van der Waals surface area contributed by atoms with E-state index in [9.17, 15) is 0 Å². The maximum atomic E-state index is 4.21. The molecule has 0 aliphatic heterocycles. The summed E-state index contributed by atoms with van der Waals surface area (Å²) < 4.78 is 0. The number of aromatic nitrogens is 4. The van der Waals surface area contributed by atoms with Crippen LogP contribution in [0.5, 0.6) is 0 Å². The third kappa shape index (κ3) is 1.94. The second-order valence-corrected chi connectivity index (χ2v) is 3.69. The van der Waals surface area contributed by atoms with E-state index < -0.39 is 0 Å². The Bertz CT molecular complexity index is 617. The number of aromatic amines is 1. The van der Waals surface area contributed by atoms with Gasteiger partial charge >= 0.3 is 0 Å². The fourth-order valence-corrected chi connectivity index (χ4v) is 1.73. The lowest BCUT2D eigenvalue weighted by Crippen LogP contribution is -2.01. The summed E-state index contributed by atoms with van der Waals surface area (Å²) in [6.45, 7) is 0.651. The second-order valence-electron chi connectivity index (χ2n) is 3.69. The monoisotopic (exact) mass is 225 g/mol. The Kier molecular flexibility index (Phi) is 2.42. The predicted molar refractivity (Wildman–Crippen MR) is 65.5 cm³/mol. The van der Waals surface area contributed by atoms with Crippen molar-refractivity contribution in [3.8, 4) is 0 Å². The first-order chi connectivity index (χ1) is 8.43. The molecule has 3 rings (SSSR count). The first-order valence-corrected chi connectivity index (χ1v) is 5.34. The smallest absolute Gasteiger partial charge is 0.0777 e. The molecule has 0 amide bonds. The number of fused-ring (bicyclic) bond motifs is 1. The number of rotatable bonds is 3. The van der Waals surface area contributed by atoms with Crippen molar-refractivity contribution in [2.24, 2.45) is 0 Å². The summed E-state index contributed by atoms with van der Waals surface area (Å²) in [6, 6.07) is 6.00. The van der Waals surface area contributed by atoms with Gasteiger partial charge in [0.1, 0.15) is 0 Å². The Balaban J connectivity index is 1.84. The number of anilines is 1. The second kappa shape index (κ2) is 4.21. The van der Waals surface area contributed by atoms with Gasteiger partial charge in [-0.1, -0.05) is 6.07 Å². The van der Waals surface area contributed by atoms with Crippen molar-refractivity contribution < 1.29 is 0 Å². The zero-order chi connectivity index (χ0) is 11.5. The molecule has 5 heteroatoms. The highest BCUT2D eigenvalue weighted by Crippen LogP contribution is 2.21.